The molecule has 0 spiro atoms. The number of aryl methyl sites for hydroxylation is 1. The molecule has 4 aromatic rings. The van der Waals surface area contributed by atoms with E-state index < -0.39 is 0 Å². The van der Waals surface area contributed by atoms with Crippen molar-refractivity contribution in [2.75, 3.05) is 11.9 Å². The van der Waals surface area contributed by atoms with Crippen LogP contribution in [0.3, 0.4) is 0 Å². The summed E-state index contributed by atoms with van der Waals surface area (Å²) in [5.41, 5.74) is 4.21. The van der Waals surface area contributed by atoms with E-state index in [2.05, 4.69) is 64.3 Å². The molecule has 3 heterocycles. The predicted octanol–water partition coefficient (Wildman–Crippen LogP) is 4.24. The number of aromatic nitrogens is 5. The van der Waals surface area contributed by atoms with Crippen LogP contribution in [0, 0.1) is 0 Å². The monoisotopic (exact) mass is 517 g/mol. The van der Waals surface area contributed by atoms with Gasteiger partial charge in [0, 0.05) is 42.2 Å². The van der Waals surface area contributed by atoms with Crippen molar-refractivity contribution >= 4 is 23.3 Å². The summed E-state index contributed by atoms with van der Waals surface area (Å²) in [6.45, 7) is 8.69. The number of carboxylic acid groups (broad SMARTS) is 1. The predicted molar refractivity (Wildman–Crippen MR) is 148 cm³/mol. The van der Waals surface area contributed by atoms with E-state index in [0.717, 1.165) is 34.9 Å². The van der Waals surface area contributed by atoms with Crippen LogP contribution in [0.5, 0.6) is 5.75 Å². The third-order valence-electron chi connectivity index (χ3n) is 6.93. The van der Waals surface area contributed by atoms with Crippen LogP contribution in [0.4, 0.5) is 5.95 Å². The first kappa shape index (κ1) is 27.0. The minimum absolute atomic E-state index is 0.0309. The number of piperidine rings is 1. The molecule has 1 saturated heterocycles. The van der Waals surface area contributed by atoms with Gasteiger partial charge >= 0.3 is 0 Å². The molecule has 0 aliphatic carbocycles. The Hall–Kier alpha value is -4.05. The lowest BCUT2D eigenvalue weighted by Crippen LogP contribution is -2.62. The van der Waals surface area contributed by atoms with Gasteiger partial charge in [-0.25, -0.2) is 4.98 Å². The second-order valence-electron chi connectivity index (χ2n) is 11.1. The molecule has 200 valence electrons. The molecule has 1 aliphatic rings. The lowest BCUT2D eigenvalue weighted by Gasteiger charge is -2.48. The Balaban J connectivity index is 0.00000107. The average molecular weight is 518 g/mol. The Morgan fingerprint density at radius 2 is 1.66 bits per heavy atom. The van der Waals surface area contributed by atoms with E-state index >= 15 is 0 Å². The van der Waals surface area contributed by atoms with E-state index in [4.69, 9.17) is 9.90 Å². The van der Waals surface area contributed by atoms with Gasteiger partial charge in [0.25, 0.3) is 6.47 Å². The van der Waals surface area contributed by atoms with Crippen LogP contribution in [0.15, 0.2) is 48.8 Å². The van der Waals surface area contributed by atoms with E-state index in [0.29, 0.717) is 23.2 Å². The first-order chi connectivity index (χ1) is 17.9. The van der Waals surface area contributed by atoms with Gasteiger partial charge in [-0.3, -0.25) is 9.48 Å². The van der Waals surface area contributed by atoms with Crippen molar-refractivity contribution in [3.8, 4) is 28.1 Å². The lowest BCUT2D eigenvalue weighted by atomic mass is 9.79. The molecule has 0 atom stereocenters. The number of anilines is 1. The molecule has 2 aromatic heterocycles. The van der Waals surface area contributed by atoms with Crippen molar-refractivity contribution in [1.82, 2.24) is 30.3 Å². The number of phenols is 1. The maximum absolute atomic E-state index is 10.8. The van der Waals surface area contributed by atoms with Crippen LogP contribution in [-0.4, -0.2) is 65.8 Å². The molecule has 2 aromatic carbocycles. The molecule has 38 heavy (non-hydrogen) atoms. The average Bonchev–Trinajstić information content (AvgIpc) is 3.22. The molecular formula is C28H35N7O3. The molecule has 0 bridgehead atoms. The van der Waals surface area contributed by atoms with Gasteiger partial charge in [0.05, 0.1) is 17.9 Å². The van der Waals surface area contributed by atoms with Gasteiger partial charge in [-0.15, -0.1) is 10.2 Å². The van der Waals surface area contributed by atoms with Crippen LogP contribution >= 0.6 is 0 Å². The normalized spacial score (nSPS) is 16.5. The number of nitrogens with one attached hydrogen (secondary N) is 1. The number of phenolic OH excluding ortho intramolecular Hbond substituents is 1. The van der Waals surface area contributed by atoms with Crippen LogP contribution in [0.1, 0.15) is 40.5 Å². The fraction of sp³-hybridized carbons (Fsp3) is 0.393. The Kier molecular flexibility index (Phi) is 7.37. The van der Waals surface area contributed by atoms with Gasteiger partial charge in [-0.2, -0.15) is 5.10 Å². The number of aromatic hydroxyl groups is 1. The number of nitrogens with zero attached hydrogens (tertiary/aromatic N) is 6. The second kappa shape index (κ2) is 10.4. The molecule has 3 N–H and O–H groups in total. The summed E-state index contributed by atoms with van der Waals surface area (Å²) in [6.07, 6.45) is 5.52. The number of hydrogen-bond acceptors (Lipinski definition) is 8. The SMILES string of the molecule is CN(c1ncc(-c2ccc(-c3ccc4c(cnn4C)c3)cc2O)nn1)C1CC(C)(C)NC(C)(C)C1.O=CO. The minimum atomic E-state index is -0.250. The number of rotatable bonds is 4. The van der Waals surface area contributed by atoms with Crippen LogP contribution in [0.25, 0.3) is 33.3 Å². The number of carbonyl (C=O) groups is 1. The summed E-state index contributed by atoms with van der Waals surface area (Å²) in [5.74, 6) is 0.737. The third-order valence-corrected chi connectivity index (χ3v) is 6.93. The first-order valence-corrected chi connectivity index (χ1v) is 12.5. The van der Waals surface area contributed by atoms with E-state index in [1.54, 1.807) is 12.3 Å². The van der Waals surface area contributed by atoms with Crippen molar-refractivity contribution in [1.29, 1.82) is 0 Å². The van der Waals surface area contributed by atoms with Crippen molar-refractivity contribution in [2.45, 2.75) is 57.7 Å². The Morgan fingerprint density at radius 1 is 1.03 bits per heavy atom. The summed E-state index contributed by atoms with van der Waals surface area (Å²) in [5, 5.41) is 35.6. The highest BCUT2D eigenvalue weighted by atomic mass is 16.3. The number of fused-ring (bicyclic) bond motifs is 1. The van der Waals surface area contributed by atoms with Crippen LogP contribution in [-0.2, 0) is 11.8 Å². The van der Waals surface area contributed by atoms with Gasteiger partial charge in [0.2, 0.25) is 5.95 Å². The molecule has 0 saturated carbocycles. The molecule has 0 radical (unpaired) electrons. The van der Waals surface area contributed by atoms with Gasteiger partial charge in [-0.1, -0.05) is 12.1 Å². The maximum atomic E-state index is 10.8. The van der Waals surface area contributed by atoms with Crippen molar-refractivity contribution in [3.63, 3.8) is 0 Å². The third kappa shape index (κ3) is 5.75. The van der Waals surface area contributed by atoms with E-state index in [-0.39, 0.29) is 23.3 Å². The Morgan fingerprint density at radius 3 is 2.26 bits per heavy atom. The molecule has 0 unspecified atom stereocenters. The van der Waals surface area contributed by atoms with E-state index in [9.17, 15) is 5.11 Å². The topological polar surface area (TPSA) is 129 Å². The highest BCUT2D eigenvalue weighted by molar-refractivity contribution is 5.85. The molecule has 1 fully saturated rings. The lowest BCUT2D eigenvalue weighted by molar-refractivity contribution is -0.122. The highest BCUT2D eigenvalue weighted by Crippen LogP contribution is 2.35. The van der Waals surface area contributed by atoms with E-state index in [1.165, 1.54) is 0 Å². The van der Waals surface area contributed by atoms with Gasteiger partial charge in [0.15, 0.2) is 0 Å². The standard InChI is InChI=1S/C27H33N7O.CH2O2/c1-26(2)13-20(14-27(3,4)32-26)33(5)25-28-16-22(30-31-25)21-9-7-18(12-24(21)35)17-8-10-23-19(11-17)15-29-34(23)6;2-1-3/h7-12,15-16,20,32,35H,13-14H2,1-6H3;1H,(H,2,3). The van der Waals surface area contributed by atoms with Crippen molar-refractivity contribution < 1.29 is 15.0 Å². The first-order valence-electron chi connectivity index (χ1n) is 12.5. The summed E-state index contributed by atoms with van der Waals surface area (Å²) >= 11 is 0. The molecule has 10 nitrogen and oxygen atoms in total. The summed E-state index contributed by atoms with van der Waals surface area (Å²) in [6, 6.07) is 12.1. The minimum Gasteiger partial charge on any atom is -0.507 e. The molecule has 0 amide bonds. The molecule has 1 aliphatic heterocycles. The second-order valence-corrected chi connectivity index (χ2v) is 11.1. The quantitative estimate of drug-likeness (QED) is 0.340. The molecule has 10 heteroatoms. The maximum Gasteiger partial charge on any atom is 0.290 e. The van der Waals surface area contributed by atoms with Crippen LogP contribution < -0.4 is 10.2 Å². The Labute approximate surface area is 222 Å². The fourth-order valence-corrected chi connectivity index (χ4v) is 5.53. The van der Waals surface area contributed by atoms with Gasteiger partial charge in [0.1, 0.15) is 11.4 Å². The summed E-state index contributed by atoms with van der Waals surface area (Å²) < 4.78 is 1.85. The molecular weight excluding hydrogens is 482 g/mol. The Bertz CT molecular complexity index is 1410. The smallest absolute Gasteiger partial charge is 0.290 e. The largest absolute Gasteiger partial charge is 0.507 e. The van der Waals surface area contributed by atoms with Gasteiger partial charge < -0.3 is 20.4 Å². The zero-order valence-electron chi connectivity index (χ0n) is 22.7. The van der Waals surface area contributed by atoms with E-state index in [1.807, 2.05) is 49.2 Å². The van der Waals surface area contributed by atoms with Gasteiger partial charge in [-0.05, 0) is 75.9 Å². The van der Waals surface area contributed by atoms with Crippen molar-refractivity contribution in [3.05, 3.63) is 48.8 Å². The van der Waals surface area contributed by atoms with Crippen molar-refractivity contribution in [2.24, 2.45) is 7.05 Å². The van der Waals surface area contributed by atoms with Crippen LogP contribution in [0.2, 0.25) is 0 Å². The number of benzene rings is 2. The summed E-state index contributed by atoms with van der Waals surface area (Å²) in [4.78, 5) is 15.1. The molecule has 5 rings (SSSR count). The fourth-order valence-electron chi connectivity index (χ4n) is 5.53. The zero-order valence-corrected chi connectivity index (χ0v) is 22.7. The summed E-state index contributed by atoms with van der Waals surface area (Å²) in [7, 11) is 3.96. The number of hydrogen-bond donors (Lipinski definition) is 3. The zero-order chi connectivity index (χ0) is 27.7. The highest BCUT2D eigenvalue weighted by Gasteiger charge is 2.39.